The van der Waals surface area contributed by atoms with Crippen LogP contribution >= 0.6 is 11.6 Å². The fourth-order valence-electron chi connectivity index (χ4n) is 3.39. The molecule has 5 nitrogen and oxygen atoms in total. The van der Waals surface area contributed by atoms with E-state index in [-0.39, 0.29) is 5.91 Å². The third-order valence-electron chi connectivity index (χ3n) is 4.93. The lowest BCUT2D eigenvalue weighted by molar-refractivity contribution is -0.125. The van der Waals surface area contributed by atoms with Crippen LogP contribution in [-0.2, 0) is 14.9 Å². The number of pyridine rings is 1. The quantitative estimate of drug-likeness (QED) is 0.790. The summed E-state index contributed by atoms with van der Waals surface area (Å²) in [5.74, 6) is 0.491. The summed E-state index contributed by atoms with van der Waals surface area (Å²) in [6.07, 6.45) is 2.10. The minimum Gasteiger partial charge on any atom is -0.478 e. The number of rotatable bonds is 6. The highest BCUT2D eigenvalue weighted by atomic mass is 35.5. The highest BCUT2D eigenvalue weighted by Gasteiger charge is 2.43. The van der Waals surface area contributed by atoms with Gasteiger partial charge in [0.2, 0.25) is 11.8 Å². The fourth-order valence-corrected chi connectivity index (χ4v) is 3.70. The standard InChI is InChI=1S/C21H25ClN2O3/c1-3-12-27-19-9-8-18(15(2)23-19)24-20(25)21(10-13-26-14-11-21)16-6-4-5-7-17(16)22/h4-9H,3,10-14H2,1-2H3,(H,24,25). The molecule has 144 valence electrons. The molecule has 1 N–H and O–H groups in total. The van der Waals surface area contributed by atoms with Gasteiger partial charge in [-0.15, -0.1) is 0 Å². The molecule has 0 radical (unpaired) electrons. The average molecular weight is 389 g/mol. The summed E-state index contributed by atoms with van der Waals surface area (Å²) in [6.45, 7) is 5.58. The van der Waals surface area contributed by atoms with Crippen molar-refractivity contribution in [3.05, 3.63) is 52.7 Å². The van der Waals surface area contributed by atoms with Crippen molar-refractivity contribution in [3.8, 4) is 5.88 Å². The van der Waals surface area contributed by atoms with Gasteiger partial charge in [0, 0.05) is 24.3 Å². The summed E-state index contributed by atoms with van der Waals surface area (Å²) in [5.41, 5.74) is 1.54. The molecule has 2 heterocycles. The maximum atomic E-state index is 13.4. The maximum absolute atomic E-state index is 13.4. The SMILES string of the molecule is CCCOc1ccc(NC(=O)C2(c3ccccc3Cl)CCOCC2)c(C)n1. The van der Waals surface area contributed by atoms with Gasteiger partial charge in [-0.1, -0.05) is 36.7 Å². The number of nitrogens with one attached hydrogen (secondary N) is 1. The number of aryl methyl sites for hydroxylation is 1. The van der Waals surface area contributed by atoms with E-state index in [4.69, 9.17) is 21.1 Å². The van der Waals surface area contributed by atoms with Crippen LogP contribution in [0, 0.1) is 6.92 Å². The van der Waals surface area contributed by atoms with Crippen LogP contribution < -0.4 is 10.1 Å². The second kappa shape index (κ2) is 8.72. The number of halogens is 1. The zero-order valence-corrected chi connectivity index (χ0v) is 16.5. The Balaban J connectivity index is 1.87. The third-order valence-corrected chi connectivity index (χ3v) is 5.26. The lowest BCUT2D eigenvalue weighted by Gasteiger charge is -2.36. The molecule has 6 heteroatoms. The molecule has 0 aliphatic carbocycles. The molecule has 1 aromatic heterocycles. The van der Waals surface area contributed by atoms with E-state index >= 15 is 0 Å². The lowest BCUT2D eigenvalue weighted by Crippen LogP contribution is -2.45. The Labute approximate surface area is 165 Å². The molecule has 3 rings (SSSR count). The summed E-state index contributed by atoms with van der Waals surface area (Å²) in [6, 6.07) is 11.2. The largest absolute Gasteiger partial charge is 0.478 e. The second-order valence-electron chi connectivity index (χ2n) is 6.76. The first-order valence-electron chi connectivity index (χ1n) is 9.31. The van der Waals surface area contributed by atoms with Crippen molar-refractivity contribution in [3.63, 3.8) is 0 Å². The molecule has 0 unspecified atom stereocenters. The van der Waals surface area contributed by atoms with Crippen molar-refractivity contribution in [2.45, 2.75) is 38.5 Å². The van der Waals surface area contributed by atoms with Crippen LogP contribution in [0.5, 0.6) is 5.88 Å². The molecular formula is C21H25ClN2O3. The topological polar surface area (TPSA) is 60.5 Å². The third kappa shape index (κ3) is 4.25. The van der Waals surface area contributed by atoms with E-state index in [1.807, 2.05) is 44.2 Å². The second-order valence-corrected chi connectivity index (χ2v) is 7.17. The Hall–Kier alpha value is -2.11. The van der Waals surface area contributed by atoms with Crippen LogP contribution in [0.4, 0.5) is 5.69 Å². The number of carbonyl (C=O) groups is 1. The zero-order valence-electron chi connectivity index (χ0n) is 15.8. The minimum absolute atomic E-state index is 0.0778. The van der Waals surface area contributed by atoms with E-state index in [2.05, 4.69) is 10.3 Å². The van der Waals surface area contributed by atoms with Crippen LogP contribution in [0.15, 0.2) is 36.4 Å². The smallest absolute Gasteiger partial charge is 0.235 e. The predicted octanol–water partition coefficient (Wildman–Crippen LogP) is 4.52. The summed E-state index contributed by atoms with van der Waals surface area (Å²) in [4.78, 5) is 17.8. The molecular weight excluding hydrogens is 364 g/mol. The molecule has 0 saturated carbocycles. The van der Waals surface area contributed by atoms with Gasteiger partial charge >= 0.3 is 0 Å². The molecule has 1 amide bonds. The Morgan fingerprint density at radius 1 is 1.26 bits per heavy atom. The van der Waals surface area contributed by atoms with Gasteiger partial charge in [-0.25, -0.2) is 4.98 Å². The molecule has 2 aromatic rings. The fraction of sp³-hybridized carbons (Fsp3) is 0.429. The molecule has 1 aliphatic rings. The number of ether oxygens (including phenoxy) is 2. The van der Waals surface area contributed by atoms with Crippen molar-refractivity contribution < 1.29 is 14.3 Å². The molecule has 0 bridgehead atoms. The predicted molar refractivity (Wildman–Crippen MR) is 107 cm³/mol. The molecule has 1 saturated heterocycles. The van der Waals surface area contributed by atoms with Gasteiger partial charge in [0.25, 0.3) is 0 Å². The van der Waals surface area contributed by atoms with Gasteiger partial charge < -0.3 is 14.8 Å². The van der Waals surface area contributed by atoms with Gasteiger partial charge in [-0.3, -0.25) is 4.79 Å². The molecule has 1 fully saturated rings. The van der Waals surface area contributed by atoms with Gasteiger partial charge in [-0.05, 0) is 43.9 Å². The average Bonchev–Trinajstić information content (AvgIpc) is 2.69. The maximum Gasteiger partial charge on any atom is 0.235 e. The summed E-state index contributed by atoms with van der Waals surface area (Å²) in [7, 11) is 0. The Kier molecular flexibility index (Phi) is 6.34. The summed E-state index contributed by atoms with van der Waals surface area (Å²) in [5, 5.41) is 3.66. The molecule has 1 aromatic carbocycles. The van der Waals surface area contributed by atoms with Crippen LogP contribution in [0.25, 0.3) is 0 Å². The van der Waals surface area contributed by atoms with E-state index in [0.29, 0.717) is 49.3 Å². The Morgan fingerprint density at radius 2 is 2.00 bits per heavy atom. The monoisotopic (exact) mass is 388 g/mol. The summed E-state index contributed by atoms with van der Waals surface area (Å²) >= 11 is 6.45. The molecule has 0 spiro atoms. The van der Waals surface area contributed by atoms with Gasteiger partial charge in [0.1, 0.15) is 0 Å². The van der Waals surface area contributed by atoms with E-state index in [1.165, 1.54) is 0 Å². The molecule has 27 heavy (non-hydrogen) atoms. The first-order chi connectivity index (χ1) is 13.1. The van der Waals surface area contributed by atoms with Crippen molar-refractivity contribution in [1.82, 2.24) is 4.98 Å². The number of benzene rings is 1. The van der Waals surface area contributed by atoms with Crippen molar-refractivity contribution in [1.29, 1.82) is 0 Å². The van der Waals surface area contributed by atoms with Gasteiger partial charge in [0.05, 0.1) is 23.4 Å². The van der Waals surface area contributed by atoms with E-state index < -0.39 is 5.41 Å². The van der Waals surface area contributed by atoms with E-state index in [0.717, 1.165) is 17.7 Å². The number of hydrogen-bond acceptors (Lipinski definition) is 4. The molecule has 1 aliphatic heterocycles. The Bertz CT molecular complexity index is 804. The van der Waals surface area contributed by atoms with Crippen molar-refractivity contribution in [2.24, 2.45) is 0 Å². The number of nitrogens with zero attached hydrogens (tertiary/aromatic N) is 1. The van der Waals surface area contributed by atoms with Crippen LogP contribution in [0.3, 0.4) is 0 Å². The first-order valence-corrected chi connectivity index (χ1v) is 9.69. The molecule has 0 atom stereocenters. The first kappa shape index (κ1) is 19.6. The van der Waals surface area contributed by atoms with E-state index in [1.54, 1.807) is 6.07 Å². The number of amides is 1. The summed E-state index contributed by atoms with van der Waals surface area (Å²) < 4.78 is 11.1. The van der Waals surface area contributed by atoms with Crippen LogP contribution in [-0.4, -0.2) is 30.7 Å². The number of carbonyl (C=O) groups excluding carboxylic acids is 1. The van der Waals surface area contributed by atoms with Crippen LogP contribution in [0.1, 0.15) is 37.4 Å². The van der Waals surface area contributed by atoms with Gasteiger partial charge in [-0.2, -0.15) is 0 Å². The van der Waals surface area contributed by atoms with Gasteiger partial charge in [0.15, 0.2) is 0 Å². The van der Waals surface area contributed by atoms with Crippen molar-refractivity contribution >= 4 is 23.2 Å². The zero-order chi connectivity index (χ0) is 19.3. The highest BCUT2D eigenvalue weighted by molar-refractivity contribution is 6.31. The van der Waals surface area contributed by atoms with Crippen LogP contribution in [0.2, 0.25) is 5.02 Å². The number of aromatic nitrogens is 1. The number of anilines is 1. The minimum atomic E-state index is -0.708. The van der Waals surface area contributed by atoms with Crippen molar-refractivity contribution in [2.75, 3.05) is 25.1 Å². The highest BCUT2D eigenvalue weighted by Crippen LogP contribution is 2.39. The lowest BCUT2D eigenvalue weighted by atomic mass is 9.73. The normalized spacial score (nSPS) is 16.0. The number of hydrogen-bond donors (Lipinski definition) is 1. The van der Waals surface area contributed by atoms with E-state index in [9.17, 15) is 4.79 Å². The Morgan fingerprint density at radius 3 is 2.67 bits per heavy atom.